The molecule has 0 spiro atoms. The fourth-order valence-electron chi connectivity index (χ4n) is 2.79. The standard InChI is InChI=1S/C15H26O4/c1-9(2)13-7-6-10(3)8-14(13)19-15(17)11(4)18-12(5)16/h9-11,13-14H,6-8H2,1-5H3/t10?,11-,13-,14-/m0/s1. The molecule has 0 radical (unpaired) electrons. The van der Waals surface area contributed by atoms with Gasteiger partial charge in [0, 0.05) is 6.92 Å². The van der Waals surface area contributed by atoms with E-state index in [9.17, 15) is 9.59 Å². The van der Waals surface area contributed by atoms with Gasteiger partial charge in [0.25, 0.3) is 0 Å². The predicted octanol–water partition coefficient (Wildman–Crippen LogP) is 2.94. The Morgan fingerprint density at radius 1 is 1.16 bits per heavy atom. The second-order valence-electron chi connectivity index (χ2n) is 6.05. The van der Waals surface area contributed by atoms with E-state index in [4.69, 9.17) is 9.47 Å². The molecule has 1 saturated carbocycles. The topological polar surface area (TPSA) is 52.6 Å². The van der Waals surface area contributed by atoms with Gasteiger partial charge in [-0.15, -0.1) is 0 Å². The third-order valence-electron chi connectivity index (χ3n) is 3.90. The number of ether oxygens (including phenoxy) is 2. The highest BCUT2D eigenvalue weighted by atomic mass is 16.6. The highest BCUT2D eigenvalue weighted by molar-refractivity contribution is 5.78. The number of hydrogen-bond acceptors (Lipinski definition) is 4. The van der Waals surface area contributed by atoms with Crippen molar-refractivity contribution in [3.05, 3.63) is 0 Å². The minimum atomic E-state index is -0.817. The van der Waals surface area contributed by atoms with Gasteiger partial charge >= 0.3 is 11.9 Å². The Morgan fingerprint density at radius 2 is 1.79 bits per heavy atom. The summed E-state index contributed by atoms with van der Waals surface area (Å²) >= 11 is 0. The van der Waals surface area contributed by atoms with Crippen LogP contribution in [-0.4, -0.2) is 24.1 Å². The quantitative estimate of drug-likeness (QED) is 0.737. The Balaban J connectivity index is 2.60. The highest BCUT2D eigenvalue weighted by Gasteiger charge is 2.34. The van der Waals surface area contributed by atoms with Crippen LogP contribution < -0.4 is 0 Å². The number of carbonyl (C=O) groups is 2. The lowest BCUT2D eigenvalue weighted by Crippen LogP contribution is -2.38. The third kappa shape index (κ3) is 4.84. The van der Waals surface area contributed by atoms with Crippen molar-refractivity contribution in [2.75, 3.05) is 0 Å². The molecule has 1 unspecified atom stereocenters. The molecule has 0 amide bonds. The van der Waals surface area contributed by atoms with Crippen molar-refractivity contribution in [2.45, 2.75) is 66.1 Å². The zero-order valence-electron chi connectivity index (χ0n) is 12.6. The van der Waals surface area contributed by atoms with Crippen LogP contribution in [-0.2, 0) is 19.1 Å². The van der Waals surface area contributed by atoms with Gasteiger partial charge in [0.1, 0.15) is 6.10 Å². The summed E-state index contributed by atoms with van der Waals surface area (Å²) in [5.74, 6) is 0.595. The van der Waals surface area contributed by atoms with E-state index >= 15 is 0 Å². The van der Waals surface area contributed by atoms with Gasteiger partial charge in [-0.2, -0.15) is 0 Å². The molecule has 4 heteroatoms. The first-order valence-corrected chi connectivity index (χ1v) is 7.19. The molecule has 1 fully saturated rings. The Labute approximate surface area is 115 Å². The maximum atomic E-state index is 11.9. The van der Waals surface area contributed by atoms with Crippen LogP contribution in [0.3, 0.4) is 0 Å². The lowest BCUT2D eigenvalue weighted by Gasteiger charge is -2.37. The largest absolute Gasteiger partial charge is 0.459 e. The van der Waals surface area contributed by atoms with Gasteiger partial charge in [-0.1, -0.05) is 27.2 Å². The summed E-state index contributed by atoms with van der Waals surface area (Å²) in [6.07, 6.45) is 2.33. The number of rotatable bonds is 4. The van der Waals surface area contributed by atoms with Gasteiger partial charge < -0.3 is 9.47 Å². The number of hydrogen-bond donors (Lipinski definition) is 0. The molecule has 0 aromatic carbocycles. The molecule has 110 valence electrons. The van der Waals surface area contributed by atoms with E-state index in [1.54, 1.807) is 6.92 Å². The predicted molar refractivity (Wildman–Crippen MR) is 72.5 cm³/mol. The summed E-state index contributed by atoms with van der Waals surface area (Å²) in [7, 11) is 0. The first-order chi connectivity index (χ1) is 8.81. The van der Waals surface area contributed by atoms with Crippen molar-refractivity contribution in [3.63, 3.8) is 0 Å². The third-order valence-corrected chi connectivity index (χ3v) is 3.90. The average Bonchev–Trinajstić information content (AvgIpc) is 2.27. The first-order valence-electron chi connectivity index (χ1n) is 7.19. The summed E-state index contributed by atoms with van der Waals surface area (Å²) in [5, 5.41) is 0. The fraction of sp³-hybridized carbons (Fsp3) is 0.867. The molecule has 1 aliphatic rings. The summed E-state index contributed by atoms with van der Waals surface area (Å²) in [6.45, 7) is 9.37. The molecule has 0 saturated heterocycles. The van der Waals surface area contributed by atoms with Crippen molar-refractivity contribution in [2.24, 2.45) is 17.8 Å². The maximum absolute atomic E-state index is 11.9. The van der Waals surface area contributed by atoms with E-state index in [0.29, 0.717) is 17.8 Å². The zero-order valence-corrected chi connectivity index (χ0v) is 12.6. The van der Waals surface area contributed by atoms with Crippen LogP contribution >= 0.6 is 0 Å². The molecule has 19 heavy (non-hydrogen) atoms. The van der Waals surface area contributed by atoms with Gasteiger partial charge in [-0.25, -0.2) is 4.79 Å². The van der Waals surface area contributed by atoms with Gasteiger partial charge in [0.05, 0.1) is 0 Å². The van der Waals surface area contributed by atoms with E-state index in [0.717, 1.165) is 12.8 Å². The molecule has 0 heterocycles. The van der Waals surface area contributed by atoms with Gasteiger partial charge in [0.2, 0.25) is 0 Å². The molecule has 4 nitrogen and oxygen atoms in total. The monoisotopic (exact) mass is 270 g/mol. The van der Waals surface area contributed by atoms with Gasteiger partial charge in [-0.05, 0) is 37.5 Å². The minimum Gasteiger partial charge on any atom is -0.459 e. The number of esters is 2. The molecule has 4 atom stereocenters. The SMILES string of the molecule is CC(=O)O[C@@H](C)C(=O)O[C@H]1CC(C)CC[C@H]1C(C)C. The van der Waals surface area contributed by atoms with Crippen LogP contribution in [0.4, 0.5) is 0 Å². The molecule has 0 bridgehead atoms. The molecule has 0 aromatic rings. The van der Waals surface area contributed by atoms with Crippen LogP contribution in [0.25, 0.3) is 0 Å². The fourth-order valence-corrected chi connectivity index (χ4v) is 2.79. The van der Waals surface area contributed by atoms with Crippen molar-refractivity contribution in [1.29, 1.82) is 0 Å². The Kier molecular flexibility index (Phi) is 5.83. The first kappa shape index (κ1) is 16.0. The molecule has 0 N–H and O–H groups in total. The molecule has 0 aliphatic heterocycles. The van der Waals surface area contributed by atoms with E-state index in [-0.39, 0.29) is 6.10 Å². The zero-order chi connectivity index (χ0) is 14.6. The summed E-state index contributed by atoms with van der Waals surface area (Å²) in [4.78, 5) is 22.8. The van der Waals surface area contributed by atoms with Crippen LogP contribution in [0.5, 0.6) is 0 Å². The molecule has 1 aliphatic carbocycles. The van der Waals surface area contributed by atoms with Crippen molar-refractivity contribution >= 4 is 11.9 Å². The Morgan fingerprint density at radius 3 is 2.32 bits per heavy atom. The molecule has 0 aromatic heterocycles. The Bertz CT molecular complexity index is 324. The van der Waals surface area contributed by atoms with Crippen molar-refractivity contribution in [1.82, 2.24) is 0 Å². The lowest BCUT2D eigenvalue weighted by atomic mass is 9.75. The lowest BCUT2D eigenvalue weighted by molar-refractivity contribution is -0.174. The summed E-state index contributed by atoms with van der Waals surface area (Å²) in [5.41, 5.74) is 0. The summed E-state index contributed by atoms with van der Waals surface area (Å²) < 4.78 is 10.4. The van der Waals surface area contributed by atoms with E-state index < -0.39 is 18.0 Å². The van der Waals surface area contributed by atoms with Crippen LogP contribution in [0.15, 0.2) is 0 Å². The van der Waals surface area contributed by atoms with E-state index in [1.165, 1.54) is 13.3 Å². The average molecular weight is 270 g/mol. The van der Waals surface area contributed by atoms with Gasteiger partial charge in [-0.3, -0.25) is 4.79 Å². The normalized spacial score (nSPS) is 28.8. The maximum Gasteiger partial charge on any atom is 0.347 e. The Hall–Kier alpha value is -1.06. The molecular weight excluding hydrogens is 244 g/mol. The van der Waals surface area contributed by atoms with Crippen LogP contribution in [0.1, 0.15) is 53.9 Å². The second kappa shape index (κ2) is 6.92. The highest BCUT2D eigenvalue weighted by Crippen LogP contribution is 2.35. The number of carbonyl (C=O) groups excluding carboxylic acids is 2. The minimum absolute atomic E-state index is 0.0470. The van der Waals surface area contributed by atoms with Crippen LogP contribution in [0, 0.1) is 17.8 Å². The van der Waals surface area contributed by atoms with E-state index in [2.05, 4.69) is 20.8 Å². The second-order valence-corrected chi connectivity index (χ2v) is 6.05. The molecular formula is C15H26O4. The molecule has 1 rings (SSSR count). The van der Waals surface area contributed by atoms with Gasteiger partial charge in [0.15, 0.2) is 6.10 Å². The summed E-state index contributed by atoms with van der Waals surface area (Å²) in [6, 6.07) is 0. The van der Waals surface area contributed by atoms with Crippen molar-refractivity contribution < 1.29 is 19.1 Å². The smallest absolute Gasteiger partial charge is 0.347 e. The van der Waals surface area contributed by atoms with E-state index in [1.807, 2.05) is 0 Å². The van der Waals surface area contributed by atoms with Crippen LogP contribution in [0.2, 0.25) is 0 Å². The van der Waals surface area contributed by atoms with Crippen molar-refractivity contribution in [3.8, 4) is 0 Å².